The van der Waals surface area contributed by atoms with Crippen LogP contribution in [0, 0.1) is 0 Å². The molecule has 20 heavy (non-hydrogen) atoms. The molecule has 1 unspecified atom stereocenters. The molecule has 0 radical (unpaired) electrons. The number of methoxy groups -OCH3 is 1. The Bertz CT molecular complexity index is 488. The summed E-state index contributed by atoms with van der Waals surface area (Å²) in [6.45, 7) is 3.39. The standard InChI is InChI=1S/C13H15Cl2NO4/c1-4-13(2,14)20-16(15)11(17)9-5-7-10(8-6-9)12(18)19-3/h5-8H,4H2,1-3H3. The number of carbonyl (C=O) groups excluding carboxylic acids is 2. The van der Waals surface area contributed by atoms with Gasteiger partial charge in [-0.15, -0.1) is 4.58 Å². The van der Waals surface area contributed by atoms with Crippen LogP contribution in [-0.2, 0) is 9.57 Å². The molecule has 0 saturated heterocycles. The van der Waals surface area contributed by atoms with E-state index < -0.39 is 16.9 Å². The second kappa shape index (κ2) is 6.92. The van der Waals surface area contributed by atoms with Crippen molar-refractivity contribution in [1.82, 2.24) is 4.58 Å². The molecule has 0 spiro atoms. The van der Waals surface area contributed by atoms with Crippen molar-refractivity contribution < 1.29 is 19.2 Å². The van der Waals surface area contributed by atoms with Gasteiger partial charge in [-0.05, 0) is 37.6 Å². The Morgan fingerprint density at radius 2 is 1.75 bits per heavy atom. The minimum atomic E-state index is -1.07. The molecule has 1 atom stereocenters. The minimum absolute atomic E-state index is 0.260. The minimum Gasteiger partial charge on any atom is -0.465 e. The summed E-state index contributed by atoms with van der Waals surface area (Å²) >= 11 is 11.7. The van der Waals surface area contributed by atoms with Gasteiger partial charge in [0.1, 0.15) is 0 Å². The van der Waals surface area contributed by atoms with Gasteiger partial charge < -0.3 is 4.74 Å². The van der Waals surface area contributed by atoms with Crippen LogP contribution in [0.15, 0.2) is 24.3 Å². The van der Waals surface area contributed by atoms with Crippen molar-refractivity contribution in [3.63, 3.8) is 0 Å². The highest BCUT2D eigenvalue weighted by Crippen LogP contribution is 2.24. The van der Waals surface area contributed by atoms with E-state index in [4.69, 9.17) is 28.2 Å². The van der Waals surface area contributed by atoms with Crippen LogP contribution in [0.2, 0.25) is 0 Å². The first-order chi connectivity index (χ1) is 9.30. The zero-order valence-corrected chi connectivity index (χ0v) is 12.9. The number of halogens is 2. The summed E-state index contributed by atoms with van der Waals surface area (Å²) in [6, 6.07) is 5.82. The molecule has 0 saturated carbocycles. The number of hydroxylamine groups is 1. The molecule has 1 aromatic rings. The number of carbonyl (C=O) groups is 2. The van der Waals surface area contributed by atoms with E-state index in [1.54, 1.807) is 13.8 Å². The molecule has 7 heteroatoms. The predicted molar refractivity (Wildman–Crippen MR) is 75.4 cm³/mol. The largest absolute Gasteiger partial charge is 0.465 e. The second-order valence-electron chi connectivity index (χ2n) is 4.17. The van der Waals surface area contributed by atoms with Gasteiger partial charge >= 0.3 is 5.97 Å². The van der Waals surface area contributed by atoms with Crippen LogP contribution in [0.1, 0.15) is 41.0 Å². The maximum atomic E-state index is 12.0. The lowest BCUT2D eigenvalue weighted by molar-refractivity contribution is -0.121. The lowest BCUT2D eigenvalue weighted by Crippen LogP contribution is -2.32. The van der Waals surface area contributed by atoms with Crippen LogP contribution in [0.25, 0.3) is 0 Å². The molecule has 1 rings (SSSR count). The van der Waals surface area contributed by atoms with Crippen molar-refractivity contribution in [1.29, 1.82) is 0 Å². The number of ether oxygens (including phenoxy) is 1. The second-order valence-corrected chi connectivity index (χ2v) is 5.27. The van der Waals surface area contributed by atoms with Gasteiger partial charge in [-0.1, -0.05) is 18.5 Å². The van der Waals surface area contributed by atoms with Crippen molar-refractivity contribution in [2.75, 3.05) is 7.11 Å². The molecule has 0 aliphatic rings. The molecule has 1 amide bonds. The molecule has 5 nitrogen and oxygen atoms in total. The van der Waals surface area contributed by atoms with Gasteiger partial charge in [0.05, 0.1) is 12.7 Å². The Morgan fingerprint density at radius 1 is 1.25 bits per heavy atom. The van der Waals surface area contributed by atoms with E-state index in [1.165, 1.54) is 31.4 Å². The summed E-state index contributed by atoms with van der Waals surface area (Å²) in [5, 5.41) is -1.07. The molecular formula is C13H15Cl2NO4. The van der Waals surface area contributed by atoms with E-state index in [-0.39, 0.29) is 5.56 Å². The molecule has 110 valence electrons. The third kappa shape index (κ3) is 4.37. The molecule has 0 N–H and O–H groups in total. The fourth-order valence-corrected chi connectivity index (χ4v) is 1.60. The summed E-state index contributed by atoms with van der Waals surface area (Å²) in [4.78, 5) is 28.4. The highest BCUT2D eigenvalue weighted by atomic mass is 35.5. The summed E-state index contributed by atoms with van der Waals surface area (Å²) < 4.78 is 5.12. The van der Waals surface area contributed by atoms with Crippen LogP contribution in [0.3, 0.4) is 0 Å². The number of hydrogen-bond donors (Lipinski definition) is 0. The Balaban J connectivity index is 2.80. The average Bonchev–Trinajstić information content (AvgIpc) is 2.45. The first-order valence-corrected chi connectivity index (χ1v) is 6.59. The van der Waals surface area contributed by atoms with Crippen LogP contribution >= 0.6 is 23.4 Å². The van der Waals surface area contributed by atoms with Crippen molar-refractivity contribution in [3.8, 4) is 0 Å². The van der Waals surface area contributed by atoms with Gasteiger partial charge in [-0.25, -0.2) is 9.63 Å². The lowest BCUT2D eigenvalue weighted by Gasteiger charge is -2.24. The highest BCUT2D eigenvalue weighted by molar-refractivity contribution is 6.25. The molecule has 0 heterocycles. The number of nitrogens with zero attached hydrogens (tertiary/aromatic N) is 1. The molecule has 0 aromatic heterocycles. The summed E-state index contributed by atoms with van der Waals surface area (Å²) in [6.07, 6.45) is 0.465. The molecule has 0 aliphatic heterocycles. The third-order valence-electron chi connectivity index (χ3n) is 2.61. The fourth-order valence-electron chi connectivity index (χ4n) is 1.24. The number of amides is 1. The third-order valence-corrected chi connectivity index (χ3v) is 3.17. The number of rotatable bonds is 5. The normalized spacial score (nSPS) is 13.4. The zero-order chi connectivity index (χ0) is 15.3. The Labute approximate surface area is 127 Å². The first kappa shape index (κ1) is 16.8. The summed E-state index contributed by atoms with van der Waals surface area (Å²) in [5.41, 5.74) is 0.595. The van der Waals surface area contributed by atoms with Gasteiger partial charge in [0.2, 0.25) is 0 Å². The quantitative estimate of drug-likeness (QED) is 0.361. The average molecular weight is 320 g/mol. The van der Waals surface area contributed by atoms with E-state index in [0.29, 0.717) is 16.6 Å². The number of hydrogen-bond acceptors (Lipinski definition) is 4. The number of alkyl halides is 1. The Kier molecular flexibility index (Phi) is 5.80. The molecule has 0 fully saturated rings. The number of benzene rings is 1. The summed E-state index contributed by atoms with van der Waals surface area (Å²) in [5.74, 6) is -1.06. The van der Waals surface area contributed by atoms with Gasteiger partial charge in [-0.2, -0.15) is 0 Å². The van der Waals surface area contributed by atoms with E-state index in [9.17, 15) is 9.59 Å². The van der Waals surface area contributed by atoms with Crippen LogP contribution in [0.5, 0.6) is 0 Å². The molecule has 1 aromatic carbocycles. The smallest absolute Gasteiger partial charge is 0.337 e. The molecular weight excluding hydrogens is 305 g/mol. The van der Waals surface area contributed by atoms with Crippen LogP contribution < -0.4 is 0 Å². The topological polar surface area (TPSA) is 55.8 Å². The van der Waals surface area contributed by atoms with Gasteiger partial charge in [0.25, 0.3) is 5.91 Å². The zero-order valence-electron chi connectivity index (χ0n) is 11.4. The summed E-state index contributed by atoms with van der Waals surface area (Å²) in [7, 11) is 1.28. The molecule has 0 aliphatic carbocycles. The van der Waals surface area contributed by atoms with Crippen molar-refractivity contribution >= 4 is 35.3 Å². The van der Waals surface area contributed by atoms with Gasteiger partial charge in [0, 0.05) is 17.3 Å². The van der Waals surface area contributed by atoms with Gasteiger partial charge in [0.15, 0.2) is 5.06 Å². The maximum Gasteiger partial charge on any atom is 0.337 e. The first-order valence-electron chi connectivity index (χ1n) is 5.87. The van der Waals surface area contributed by atoms with E-state index in [2.05, 4.69) is 4.74 Å². The van der Waals surface area contributed by atoms with Crippen LogP contribution in [0.4, 0.5) is 0 Å². The van der Waals surface area contributed by atoms with E-state index in [0.717, 1.165) is 0 Å². The van der Waals surface area contributed by atoms with E-state index in [1.807, 2.05) is 0 Å². The SMILES string of the molecule is CCC(C)(Cl)ON(Cl)C(=O)c1ccc(C(=O)OC)cc1. The monoisotopic (exact) mass is 319 g/mol. The predicted octanol–water partition coefficient (Wildman–Crippen LogP) is 3.37. The Morgan fingerprint density at radius 3 is 2.20 bits per heavy atom. The van der Waals surface area contributed by atoms with Crippen molar-refractivity contribution in [2.24, 2.45) is 0 Å². The lowest BCUT2D eigenvalue weighted by atomic mass is 10.1. The van der Waals surface area contributed by atoms with Crippen LogP contribution in [-0.4, -0.2) is 28.6 Å². The highest BCUT2D eigenvalue weighted by Gasteiger charge is 2.26. The number of esters is 1. The van der Waals surface area contributed by atoms with E-state index >= 15 is 0 Å². The van der Waals surface area contributed by atoms with Crippen molar-refractivity contribution in [2.45, 2.75) is 25.3 Å². The van der Waals surface area contributed by atoms with Gasteiger partial charge in [-0.3, -0.25) is 4.79 Å². The Hall–Kier alpha value is -1.30. The van der Waals surface area contributed by atoms with Crippen molar-refractivity contribution in [3.05, 3.63) is 35.4 Å². The fraction of sp³-hybridized carbons (Fsp3) is 0.385. The maximum absolute atomic E-state index is 12.0. The molecule has 0 bridgehead atoms.